The Hall–Kier alpha value is -2.67. The van der Waals surface area contributed by atoms with E-state index in [0.29, 0.717) is 6.61 Å². The van der Waals surface area contributed by atoms with Gasteiger partial charge >= 0.3 is 0 Å². The van der Waals surface area contributed by atoms with Crippen LogP contribution in [-0.2, 0) is 7.05 Å². The molecule has 0 atom stereocenters. The van der Waals surface area contributed by atoms with Crippen LogP contribution in [0, 0.1) is 0 Å². The van der Waals surface area contributed by atoms with Gasteiger partial charge in [0.15, 0.2) is 11.0 Å². The average molecular weight is 400 g/mol. The first-order valence-corrected chi connectivity index (χ1v) is 10.2. The molecule has 0 aliphatic heterocycles. The molecule has 0 aliphatic carbocycles. The lowest BCUT2D eigenvalue weighted by Gasteiger charge is -2.09. The minimum atomic E-state index is 0.580. The van der Waals surface area contributed by atoms with E-state index < -0.39 is 0 Å². The van der Waals surface area contributed by atoms with Gasteiger partial charge in [0.2, 0.25) is 0 Å². The fraction of sp³-hybridized carbons (Fsp3) is 0.333. The Balaban J connectivity index is 1.52. The molecule has 28 heavy (non-hydrogen) atoms. The summed E-state index contributed by atoms with van der Waals surface area (Å²) in [6.45, 7) is 3.40. The van der Waals surface area contributed by atoms with Crippen molar-refractivity contribution in [2.24, 2.45) is 7.05 Å². The second-order valence-corrected chi connectivity index (χ2v) is 7.14. The van der Waals surface area contributed by atoms with E-state index in [2.05, 4.69) is 17.1 Å². The number of thioether (sulfide) groups is 1. The molecular weight excluding hydrogens is 374 g/mol. The summed E-state index contributed by atoms with van der Waals surface area (Å²) in [7, 11) is 3.62. The van der Waals surface area contributed by atoms with Crippen molar-refractivity contribution in [1.29, 1.82) is 0 Å². The second kappa shape index (κ2) is 10.0. The first-order chi connectivity index (χ1) is 13.7. The second-order valence-electron chi connectivity index (χ2n) is 6.08. The monoisotopic (exact) mass is 399 g/mol. The van der Waals surface area contributed by atoms with Crippen LogP contribution in [0.3, 0.4) is 0 Å². The zero-order valence-electron chi connectivity index (χ0n) is 16.4. The molecule has 0 spiro atoms. The van der Waals surface area contributed by atoms with Gasteiger partial charge in [-0.1, -0.05) is 30.8 Å². The summed E-state index contributed by atoms with van der Waals surface area (Å²) in [5.41, 5.74) is 0.925. The number of hydrogen-bond acceptors (Lipinski definition) is 6. The van der Waals surface area contributed by atoms with Crippen LogP contribution in [0.2, 0.25) is 0 Å². The average Bonchev–Trinajstić information content (AvgIpc) is 3.10. The van der Waals surface area contributed by atoms with Crippen LogP contribution in [0.5, 0.6) is 17.2 Å². The van der Waals surface area contributed by atoms with E-state index in [-0.39, 0.29) is 0 Å². The van der Waals surface area contributed by atoms with Crippen molar-refractivity contribution < 1.29 is 14.2 Å². The Morgan fingerprint density at radius 2 is 1.61 bits per heavy atom. The van der Waals surface area contributed by atoms with Gasteiger partial charge in [0, 0.05) is 12.8 Å². The highest BCUT2D eigenvalue weighted by Crippen LogP contribution is 2.30. The highest BCUT2D eigenvalue weighted by Gasteiger charge is 2.14. The molecule has 0 N–H and O–H groups in total. The summed E-state index contributed by atoms with van der Waals surface area (Å²) < 4.78 is 18.8. The lowest BCUT2D eigenvalue weighted by atomic mass is 10.2. The fourth-order valence-corrected chi connectivity index (χ4v) is 3.38. The van der Waals surface area contributed by atoms with Crippen molar-refractivity contribution in [2.45, 2.75) is 18.5 Å². The molecule has 1 heterocycles. The number of nitrogens with zero attached hydrogens (tertiary/aromatic N) is 3. The maximum absolute atomic E-state index is 5.80. The van der Waals surface area contributed by atoms with Crippen LogP contribution >= 0.6 is 11.8 Å². The van der Waals surface area contributed by atoms with Crippen LogP contribution in [0.25, 0.3) is 11.4 Å². The van der Waals surface area contributed by atoms with Gasteiger partial charge in [0.1, 0.15) is 17.2 Å². The van der Waals surface area contributed by atoms with E-state index in [0.717, 1.165) is 52.6 Å². The molecule has 3 aromatic rings. The zero-order chi connectivity index (χ0) is 19.8. The molecule has 0 aliphatic rings. The number of methoxy groups -OCH3 is 1. The molecule has 3 rings (SSSR count). The zero-order valence-corrected chi connectivity index (χ0v) is 17.2. The number of rotatable bonds is 10. The smallest absolute Gasteiger partial charge is 0.191 e. The minimum Gasteiger partial charge on any atom is -0.496 e. The number of para-hydroxylation sites is 1. The van der Waals surface area contributed by atoms with E-state index in [9.17, 15) is 0 Å². The van der Waals surface area contributed by atoms with Gasteiger partial charge in [-0.15, -0.1) is 10.2 Å². The Morgan fingerprint density at radius 3 is 2.29 bits per heavy atom. The first-order valence-electron chi connectivity index (χ1n) is 9.24. The van der Waals surface area contributed by atoms with Crippen LogP contribution in [0.1, 0.15) is 13.3 Å². The third-order valence-corrected chi connectivity index (χ3v) is 5.05. The van der Waals surface area contributed by atoms with Gasteiger partial charge in [-0.2, -0.15) is 0 Å². The third-order valence-electron chi connectivity index (χ3n) is 4.06. The summed E-state index contributed by atoms with van der Waals surface area (Å²) in [6.07, 6.45) is 0.996. The van der Waals surface area contributed by atoms with Gasteiger partial charge in [0.05, 0.1) is 25.9 Å². The van der Waals surface area contributed by atoms with E-state index in [1.807, 2.05) is 60.1 Å². The SMILES string of the molecule is CCCOc1ccc(OCCSc2nnc(-c3ccccc3OC)n2C)cc1. The summed E-state index contributed by atoms with van der Waals surface area (Å²) in [6, 6.07) is 15.5. The number of ether oxygens (including phenoxy) is 3. The van der Waals surface area contributed by atoms with Gasteiger partial charge in [-0.05, 0) is 42.8 Å². The molecule has 7 heteroatoms. The van der Waals surface area contributed by atoms with Crippen LogP contribution < -0.4 is 14.2 Å². The first kappa shape index (κ1) is 20.1. The Bertz CT molecular complexity index is 881. The molecule has 0 saturated heterocycles. The van der Waals surface area contributed by atoms with Crippen LogP contribution in [-0.4, -0.2) is 40.8 Å². The lowest BCUT2D eigenvalue weighted by Crippen LogP contribution is -2.02. The van der Waals surface area contributed by atoms with Crippen molar-refractivity contribution >= 4 is 11.8 Å². The highest BCUT2D eigenvalue weighted by atomic mass is 32.2. The molecule has 0 unspecified atom stereocenters. The van der Waals surface area contributed by atoms with Gasteiger partial charge in [-0.3, -0.25) is 0 Å². The Labute approximate surface area is 169 Å². The third kappa shape index (κ3) is 4.98. The molecule has 0 saturated carbocycles. The van der Waals surface area contributed by atoms with E-state index in [1.165, 1.54) is 0 Å². The summed E-state index contributed by atoms with van der Waals surface area (Å²) in [5.74, 6) is 4.03. The predicted molar refractivity (Wildman–Crippen MR) is 111 cm³/mol. The molecule has 2 aromatic carbocycles. The molecule has 6 nitrogen and oxygen atoms in total. The van der Waals surface area contributed by atoms with Crippen molar-refractivity contribution in [3.63, 3.8) is 0 Å². The van der Waals surface area contributed by atoms with E-state index in [4.69, 9.17) is 14.2 Å². The number of benzene rings is 2. The summed E-state index contributed by atoms with van der Waals surface area (Å²) in [5, 5.41) is 9.46. The van der Waals surface area contributed by atoms with E-state index in [1.54, 1.807) is 18.9 Å². The van der Waals surface area contributed by atoms with Crippen molar-refractivity contribution in [2.75, 3.05) is 26.1 Å². The molecule has 148 valence electrons. The number of aromatic nitrogens is 3. The summed E-state index contributed by atoms with van der Waals surface area (Å²) >= 11 is 1.61. The normalized spacial score (nSPS) is 10.7. The maximum atomic E-state index is 5.80. The van der Waals surface area contributed by atoms with Crippen LogP contribution in [0.4, 0.5) is 0 Å². The fourth-order valence-electron chi connectivity index (χ4n) is 2.65. The van der Waals surface area contributed by atoms with Crippen molar-refractivity contribution in [1.82, 2.24) is 14.8 Å². The van der Waals surface area contributed by atoms with Crippen molar-refractivity contribution in [3.8, 4) is 28.6 Å². The quantitative estimate of drug-likeness (QED) is 0.371. The Morgan fingerprint density at radius 1 is 0.929 bits per heavy atom. The summed E-state index contributed by atoms with van der Waals surface area (Å²) in [4.78, 5) is 0. The van der Waals surface area contributed by atoms with Gasteiger partial charge in [0.25, 0.3) is 0 Å². The molecular formula is C21H25N3O3S. The lowest BCUT2D eigenvalue weighted by molar-refractivity contribution is 0.314. The maximum Gasteiger partial charge on any atom is 0.191 e. The van der Waals surface area contributed by atoms with Crippen molar-refractivity contribution in [3.05, 3.63) is 48.5 Å². The largest absolute Gasteiger partial charge is 0.496 e. The molecule has 0 bridgehead atoms. The standard InChI is InChI=1S/C21H25N3O3S/c1-4-13-26-16-9-11-17(12-10-16)27-14-15-28-21-23-22-20(24(21)2)18-7-5-6-8-19(18)25-3/h5-12H,4,13-15H2,1-3H3. The van der Waals surface area contributed by atoms with Crippen LogP contribution in [0.15, 0.2) is 53.7 Å². The minimum absolute atomic E-state index is 0.580. The van der Waals surface area contributed by atoms with Gasteiger partial charge in [-0.25, -0.2) is 0 Å². The molecule has 0 radical (unpaired) electrons. The van der Waals surface area contributed by atoms with Gasteiger partial charge < -0.3 is 18.8 Å². The predicted octanol–water partition coefficient (Wildman–Crippen LogP) is 4.45. The topological polar surface area (TPSA) is 58.4 Å². The molecule has 0 fully saturated rings. The molecule has 0 amide bonds. The highest BCUT2D eigenvalue weighted by molar-refractivity contribution is 7.99. The molecule has 1 aromatic heterocycles. The van der Waals surface area contributed by atoms with E-state index >= 15 is 0 Å². The Kier molecular flexibility index (Phi) is 7.19. The number of hydrogen-bond donors (Lipinski definition) is 0.